The average molecular weight is 220 g/mol. The van der Waals surface area contributed by atoms with Crippen molar-refractivity contribution in [3.63, 3.8) is 0 Å². The Morgan fingerprint density at radius 1 is 1.38 bits per heavy atom. The number of esters is 1. The standard InChI is InChI=1S/C12H16N2O2/c1-10(7-8-14(2)3)5-6-11(9-13)12(15)16-4/h5-8H,1-4H3/b8-7+,10-5+,11-6+. The maximum absolute atomic E-state index is 11.1. The van der Waals surface area contributed by atoms with E-state index in [1.54, 1.807) is 12.1 Å². The van der Waals surface area contributed by atoms with E-state index in [4.69, 9.17) is 5.26 Å². The number of hydrogen-bond donors (Lipinski definition) is 0. The summed E-state index contributed by atoms with van der Waals surface area (Å²) in [6.07, 6.45) is 6.89. The fraction of sp³-hybridized carbons (Fsp3) is 0.333. The number of carbonyl (C=O) groups is 1. The Kier molecular flexibility index (Phi) is 6.37. The highest BCUT2D eigenvalue weighted by Gasteiger charge is 2.05. The van der Waals surface area contributed by atoms with Gasteiger partial charge in [0.1, 0.15) is 11.6 Å². The zero-order valence-electron chi connectivity index (χ0n) is 10.0. The zero-order valence-corrected chi connectivity index (χ0v) is 10.0. The van der Waals surface area contributed by atoms with Crippen molar-refractivity contribution in [2.24, 2.45) is 0 Å². The average Bonchev–Trinajstić information content (AvgIpc) is 2.26. The molecule has 0 rings (SSSR count). The molecule has 86 valence electrons. The number of nitrogens with zero attached hydrogens (tertiary/aromatic N) is 2. The molecule has 16 heavy (non-hydrogen) atoms. The number of carbonyl (C=O) groups excluding carboxylic acids is 1. The highest BCUT2D eigenvalue weighted by Crippen LogP contribution is 2.01. The van der Waals surface area contributed by atoms with E-state index in [2.05, 4.69) is 4.74 Å². The normalized spacial score (nSPS) is 12.4. The highest BCUT2D eigenvalue weighted by molar-refractivity contribution is 5.92. The number of hydrogen-bond acceptors (Lipinski definition) is 4. The van der Waals surface area contributed by atoms with Crippen LogP contribution < -0.4 is 0 Å². The van der Waals surface area contributed by atoms with Gasteiger partial charge in [0.15, 0.2) is 0 Å². The third-order valence-corrected chi connectivity index (χ3v) is 1.67. The molecule has 0 amide bonds. The second-order valence-electron chi connectivity index (χ2n) is 3.37. The SMILES string of the molecule is COC(=O)/C(C#N)=C/C=C(C)/C=C/N(C)C. The minimum atomic E-state index is -0.622. The Balaban J connectivity index is 4.71. The van der Waals surface area contributed by atoms with Gasteiger partial charge < -0.3 is 9.64 Å². The molecule has 0 unspecified atom stereocenters. The van der Waals surface area contributed by atoms with Crippen LogP contribution in [0, 0.1) is 11.3 Å². The molecule has 0 fully saturated rings. The maximum atomic E-state index is 11.1. The summed E-state index contributed by atoms with van der Waals surface area (Å²) < 4.78 is 4.45. The minimum absolute atomic E-state index is 0.0138. The number of ether oxygens (including phenoxy) is 1. The molecule has 0 N–H and O–H groups in total. The summed E-state index contributed by atoms with van der Waals surface area (Å²) in [6, 6.07) is 1.78. The number of methoxy groups -OCH3 is 1. The molecular formula is C12H16N2O2. The Hall–Kier alpha value is -2.02. The molecule has 0 radical (unpaired) electrons. The van der Waals surface area contributed by atoms with Crippen LogP contribution in [0.4, 0.5) is 0 Å². The molecule has 0 atom stereocenters. The van der Waals surface area contributed by atoms with Crippen molar-refractivity contribution in [1.29, 1.82) is 5.26 Å². The van der Waals surface area contributed by atoms with Crippen LogP contribution in [0.15, 0.2) is 35.6 Å². The van der Waals surface area contributed by atoms with Gasteiger partial charge in [-0.25, -0.2) is 4.79 Å². The second-order valence-corrected chi connectivity index (χ2v) is 3.37. The lowest BCUT2D eigenvalue weighted by Crippen LogP contribution is -2.02. The van der Waals surface area contributed by atoms with Gasteiger partial charge in [0.25, 0.3) is 0 Å². The van der Waals surface area contributed by atoms with Crippen LogP contribution in [0.1, 0.15) is 6.92 Å². The lowest BCUT2D eigenvalue weighted by atomic mass is 10.2. The first-order valence-corrected chi connectivity index (χ1v) is 4.73. The predicted molar refractivity (Wildman–Crippen MR) is 62.3 cm³/mol. The van der Waals surface area contributed by atoms with Crippen molar-refractivity contribution in [2.75, 3.05) is 21.2 Å². The molecule has 0 aliphatic carbocycles. The third kappa shape index (κ3) is 5.66. The van der Waals surface area contributed by atoms with Crippen LogP contribution in [-0.2, 0) is 9.53 Å². The Morgan fingerprint density at radius 3 is 2.44 bits per heavy atom. The molecule has 0 saturated heterocycles. The number of allylic oxidation sites excluding steroid dienone is 4. The van der Waals surface area contributed by atoms with Crippen molar-refractivity contribution in [3.8, 4) is 6.07 Å². The van der Waals surface area contributed by atoms with Crippen molar-refractivity contribution in [2.45, 2.75) is 6.92 Å². The molecule has 0 aromatic rings. The Bertz CT molecular complexity index is 371. The van der Waals surface area contributed by atoms with Gasteiger partial charge in [-0.3, -0.25) is 0 Å². The fourth-order valence-corrected chi connectivity index (χ4v) is 0.798. The molecule has 0 aromatic carbocycles. The van der Waals surface area contributed by atoms with Gasteiger partial charge in [-0.1, -0.05) is 6.08 Å². The van der Waals surface area contributed by atoms with Gasteiger partial charge in [-0.2, -0.15) is 5.26 Å². The van der Waals surface area contributed by atoms with Crippen molar-refractivity contribution >= 4 is 5.97 Å². The van der Waals surface area contributed by atoms with Crippen molar-refractivity contribution in [1.82, 2.24) is 4.90 Å². The molecule has 0 aliphatic rings. The van der Waals surface area contributed by atoms with E-state index in [0.29, 0.717) is 0 Å². The smallest absolute Gasteiger partial charge is 0.348 e. The molecule has 0 aromatic heterocycles. The van der Waals surface area contributed by atoms with E-state index in [9.17, 15) is 4.79 Å². The van der Waals surface area contributed by atoms with Gasteiger partial charge in [0, 0.05) is 14.1 Å². The predicted octanol–water partition coefficient (Wildman–Crippen LogP) is 1.63. The van der Waals surface area contributed by atoms with E-state index in [0.717, 1.165) is 5.57 Å². The third-order valence-electron chi connectivity index (χ3n) is 1.67. The van der Waals surface area contributed by atoms with Crippen molar-refractivity contribution in [3.05, 3.63) is 35.6 Å². The van der Waals surface area contributed by atoms with E-state index < -0.39 is 5.97 Å². The molecule has 4 nitrogen and oxygen atoms in total. The Morgan fingerprint density at radius 2 is 2.00 bits per heavy atom. The van der Waals surface area contributed by atoms with Crippen LogP contribution in [0.3, 0.4) is 0 Å². The van der Waals surface area contributed by atoms with E-state index in [1.807, 2.05) is 38.2 Å². The van der Waals surface area contributed by atoms with E-state index in [1.165, 1.54) is 13.2 Å². The summed E-state index contributed by atoms with van der Waals surface area (Å²) >= 11 is 0. The van der Waals surface area contributed by atoms with E-state index >= 15 is 0 Å². The van der Waals surface area contributed by atoms with Crippen molar-refractivity contribution < 1.29 is 9.53 Å². The first-order valence-electron chi connectivity index (χ1n) is 4.73. The van der Waals surface area contributed by atoms with Crippen LogP contribution >= 0.6 is 0 Å². The van der Waals surface area contributed by atoms with Crippen LogP contribution in [-0.4, -0.2) is 32.1 Å². The van der Waals surface area contributed by atoms with Crippen LogP contribution in [0.5, 0.6) is 0 Å². The number of nitriles is 1. The first-order chi connectivity index (χ1) is 7.51. The zero-order chi connectivity index (χ0) is 12.6. The summed E-state index contributed by atoms with van der Waals surface area (Å²) in [6.45, 7) is 1.88. The quantitative estimate of drug-likeness (QED) is 0.313. The maximum Gasteiger partial charge on any atom is 0.348 e. The van der Waals surface area contributed by atoms with Crippen LogP contribution in [0.25, 0.3) is 0 Å². The van der Waals surface area contributed by atoms with E-state index in [-0.39, 0.29) is 5.57 Å². The molecule has 4 heteroatoms. The lowest BCUT2D eigenvalue weighted by molar-refractivity contribution is -0.135. The fourth-order valence-electron chi connectivity index (χ4n) is 0.798. The van der Waals surface area contributed by atoms with Gasteiger partial charge in [-0.05, 0) is 30.8 Å². The first kappa shape index (κ1) is 14.0. The summed E-state index contributed by atoms with van der Waals surface area (Å²) in [7, 11) is 5.07. The Labute approximate surface area is 96.1 Å². The van der Waals surface area contributed by atoms with Gasteiger partial charge in [-0.15, -0.1) is 0 Å². The largest absolute Gasteiger partial charge is 0.465 e. The summed E-state index contributed by atoms with van der Waals surface area (Å²) in [5, 5.41) is 8.68. The summed E-state index contributed by atoms with van der Waals surface area (Å²) in [4.78, 5) is 12.9. The monoisotopic (exact) mass is 220 g/mol. The highest BCUT2D eigenvalue weighted by atomic mass is 16.5. The molecule has 0 heterocycles. The number of rotatable bonds is 4. The lowest BCUT2D eigenvalue weighted by Gasteiger charge is -2.02. The molecule has 0 spiro atoms. The summed E-state index contributed by atoms with van der Waals surface area (Å²) in [5.41, 5.74) is 0.922. The second kappa shape index (κ2) is 7.30. The minimum Gasteiger partial charge on any atom is -0.465 e. The topological polar surface area (TPSA) is 53.3 Å². The molecule has 0 aliphatic heterocycles. The summed E-state index contributed by atoms with van der Waals surface area (Å²) in [5.74, 6) is -0.622. The molecule has 0 saturated carbocycles. The van der Waals surface area contributed by atoms with Gasteiger partial charge >= 0.3 is 5.97 Å². The van der Waals surface area contributed by atoms with Crippen LogP contribution in [0.2, 0.25) is 0 Å². The van der Waals surface area contributed by atoms with Gasteiger partial charge in [0.05, 0.1) is 7.11 Å². The van der Waals surface area contributed by atoms with Gasteiger partial charge in [0.2, 0.25) is 0 Å². The molecular weight excluding hydrogens is 204 g/mol. The molecule has 0 bridgehead atoms.